The molecule has 1 aromatic heterocycles. The van der Waals surface area contributed by atoms with Gasteiger partial charge in [-0.2, -0.15) is 0 Å². The molecule has 0 saturated heterocycles. The average molecular weight is 269 g/mol. The molecule has 0 N–H and O–H groups in total. The Hall–Kier alpha value is -2.16. The van der Waals surface area contributed by atoms with Crippen LogP contribution in [-0.2, 0) is 5.41 Å². The first-order chi connectivity index (χ1) is 9.36. The highest BCUT2D eigenvalue weighted by atomic mass is 16.5. The molecular weight excluding hydrogens is 250 g/mol. The number of Topliss-reactive ketones (excluding diaryl/α,β-unsaturated/α-hetero) is 1. The van der Waals surface area contributed by atoms with Crippen LogP contribution >= 0.6 is 0 Å². The number of carbonyl (C=O) groups excluding carboxylic acids is 1. The molecule has 0 radical (unpaired) electrons. The van der Waals surface area contributed by atoms with E-state index in [0.717, 1.165) is 0 Å². The molecule has 3 nitrogen and oxygen atoms in total. The summed E-state index contributed by atoms with van der Waals surface area (Å²) in [5.74, 6) is 1.15. The zero-order valence-electron chi connectivity index (χ0n) is 12.3. The van der Waals surface area contributed by atoms with Crippen LogP contribution in [-0.4, -0.2) is 10.8 Å². The van der Waals surface area contributed by atoms with E-state index in [0.29, 0.717) is 17.2 Å². The summed E-state index contributed by atoms with van der Waals surface area (Å²) in [6, 6.07) is 11.3. The van der Waals surface area contributed by atoms with Gasteiger partial charge < -0.3 is 4.74 Å². The fourth-order valence-electron chi connectivity index (χ4n) is 1.83. The van der Waals surface area contributed by atoms with Gasteiger partial charge in [-0.15, -0.1) is 0 Å². The number of nitrogens with zero attached hydrogens (tertiary/aromatic N) is 1. The average Bonchev–Trinajstić information content (AvgIpc) is 2.38. The quantitative estimate of drug-likeness (QED) is 0.776. The summed E-state index contributed by atoms with van der Waals surface area (Å²) in [5.41, 5.74) is 1.96. The van der Waals surface area contributed by atoms with Gasteiger partial charge in [-0.05, 0) is 36.1 Å². The van der Waals surface area contributed by atoms with Crippen molar-refractivity contribution in [3.63, 3.8) is 0 Å². The summed E-state index contributed by atoms with van der Waals surface area (Å²) in [6.07, 6.45) is 1.58. The number of rotatable bonds is 3. The van der Waals surface area contributed by atoms with Crippen molar-refractivity contribution in [3.8, 4) is 11.6 Å². The fraction of sp³-hybridized carbons (Fsp3) is 0.294. The predicted octanol–water partition coefficient (Wildman–Crippen LogP) is 4.37. The van der Waals surface area contributed by atoms with Crippen LogP contribution in [0.2, 0.25) is 0 Å². The standard InChI is InChI=1S/C17H19NO2/c1-12(19)13-9-10-18-16(11-13)20-15-7-5-14(6-8-15)17(2,3)4/h5-11H,1-4H3. The van der Waals surface area contributed by atoms with Crippen LogP contribution in [0.4, 0.5) is 0 Å². The van der Waals surface area contributed by atoms with Gasteiger partial charge >= 0.3 is 0 Å². The molecule has 104 valence electrons. The normalized spacial score (nSPS) is 11.2. The molecule has 20 heavy (non-hydrogen) atoms. The van der Waals surface area contributed by atoms with Crippen LogP contribution in [0.1, 0.15) is 43.6 Å². The van der Waals surface area contributed by atoms with Gasteiger partial charge in [0.15, 0.2) is 5.78 Å². The molecule has 0 spiro atoms. The second-order valence-electron chi connectivity index (χ2n) is 5.82. The molecule has 2 rings (SSSR count). The van der Waals surface area contributed by atoms with Gasteiger partial charge in [0.05, 0.1) is 0 Å². The molecule has 1 heterocycles. The van der Waals surface area contributed by atoms with Crippen molar-refractivity contribution in [1.82, 2.24) is 4.98 Å². The predicted molar refractivity (Wildman–Crippen MR) is 79.5 cm³/mol. The first-order valence-corrected chi connectivity index (χ1v) is 6.61. The number of ketones is 1. The van der Waals surface area contributed by atoms with Crippen LogP contribution in [0.3, 0.4) is 0 Å². The highest BCUT2D eigenvalue weighted by Gasteiger charge is 2.13. The third-order valence-electron chi connectivity index (χ3n) is 3.08. The number of hydrogen-bond acceptors (Lipinski definition) is 3. The molecule has 0 atom stereocenters. The van der Waals surface area contributed by atoms with Gasteiger partial charge in [-0.1, -0.05) is 32.9 Å². The van der Waals surface area contributed by atoms with Crippen molar-refractivity contribution in [2.45, 2.75) is 33.1 Å². The lowest BCUT2D eigenvalue weighted by atomic mass is 9.87. The third kappa shape index (κ3) is 3.44. The second-order valence-corrected chi connectivity index (χ2v) is 5.82. The summed E-state index contributed by atoms with van der Waals surface area (Å²) in [4.78, 5) is 15.4. The third-order valence-corrected chi connectivity index (χ3v) is 3.08. The van der Waals surface area contributed by atoms with Gasteiger partial charge in [-0.3, -0.25) is 4.79 Å². The molecule has 3 heteroatoms. The van der Waals surface area contributed by atoms with Gasteiger partial charge in [-0.25, -0.2) is 4.98 Å². The van der Waals surface area contributed by atoms with E-state index in [-0.39, 0.29) is 11.2 Å². The Morgan fingerprint density at radius 3 is 2.30 bits per heavy atom. The Morgan fingerprint density at radius 1 is 1.10 bits per heavy atom. The van der Waals surface area contributed by atoms with Crippen LogP contribution in [0.5, 0.6) is 11.6 Å². The van der Waals surface area contributed by atoms with Crippen LogP contribution in [0.15, 0.2) is 42.6 Å². The lowest BCUT2D eigenvalue weighted by Crippen LogP contribution is -2.10. The molecule has 0 fully saturated rings. The van der Waals surface area contributed by atoms with Crippen molar-refractivity contribution in [2.24, 2.45) is 0 Å². The highest BCUT2D eigenvalue weighted by Crippen LogP contribution is 2.26. The summed E-state index contributed by atoms with van der Waals surface area (Å²) in [6.45, 7) is 8.03. The number of benzene rings is 1. The van der Waals surface area contributed by atoms with Crippen LogP contribution in [0, 0.1) is 0 Å². The first-order valence-electron chi connectivity index (χ1n) is 6.61. The zero-order chi connectivity index (χ0) is 14.8. The Kier molecular flexibility index (Phi) is 3.89. The number of aromatic nitrogens is 1. The van der Waals surface area contributed by atoms with Crippen molar-refractivity contribution in [1.29, 1.82) is 0 Å². The number of carbonyl (C=O) groups is 1. The van der Waals surface area contributed by atoms with Gasteiger partial charge in [0.1, 0.15) is 5.75 Å². The molecule has 0 amide bonds. The summed E-state index contributed by atoms with van der Waals surface area (Å²) in [5, 5.41) is 0. The molecule has 0 saturated carbocycles. The Labute approximate surface area is 119 Å². The molecule has 0 unspecified atom stereocenters. The molecule has 0 bridgehead atoms. The molecule has 2 aromatic rings. The minimum atomic E-state index is 0.000306. The maximum atomic E-state index is 11.3. The van der Waals surface area contributed by atoms with Gasteiger partial charge in [0.25, 0.3) is 0 Å². The van der Waals surface area contributed by atoms with E-state index in [1.165, 1.54) is 12.5 Å². The SMILES string of the molecule is CC(=O)c1ccnc(Oc2ccc(C(C)(C)C)cc2)c1. The van der Waals surface area contributed by atoms with Gasteiger partial charge in [0.2, 0.25) is 5.88 Å². The number of ether oxygens (including phenoxy) is 1. The largest absolute Gasteiger partial charge is 0.439 e. The first kappa shape index (κ1) is 14.3. The van der Waals surface area contributed by atoms with Crippen molar-refractivity contribution >= 4 is 5.78 Å². The Bertz CT molecular complexity index is 610. The molecule has 1 aromatic carbocycles. The molecular formula is C17H19NO2. The van der Waals surface area contributed by atoms with E-state index in [1.807, 2.05) is 24.3 Å². The minimum absolute atomic E-state index is 0.000306. The second kappa shape index (κ2) is 5.45. The smallest absolute Gasteiger partial charge is 0.219 e. The minimum Gasteiger partial charge on any atom is -0.439 e. The van der Waals surface area contributed by atoms with Crippen molar-refractivity contribution in [3.05, 3.63) is 53.7 Å². The van der Waals surface area contributed by atoms with Gasteiger partial charge in [0, 0.05) is 17.8 Å². The fourth-order valence-corrected chi connectivity index (χ4v) is 1.83. The van der Waals surface area contributed by atoms with Crippen molar-refractivity contribution in [2.75, 3.05) is 0 Å². The van der Waals surface area contributed by atoms with E-state index >= 15 is 0 Å². The van der Waals surface area contributed by atoms with E-state index in [2.05, 4.69) is 25.8 Å². The van der Waals surface area contributed by atoms with E-state index in [9.17, 15) is 4.79 Å². The zero-order valence-corrected chi connectivity index (χ0v) is 12.3. The van der Waals surface area contributed by atoms with Crippen molar-refractivity contribution < 1.29 is 9.53 Å². The number of pyridine rings is 1. The van der Waals surface area contributed by atoms with Crippen LogP contribution < -0.4 is 4.74 Å². The maximum absolute atomic E-state index is 11.3. The van der Waals surface area contributed by atoms with Crippen LogP contribution in [0.25, 0.3) is 0 Å². The maximum Gasteiger partial charge on any atom is 0.219 e. The molecule has 0 aliphatic rings. The monoisotopic (exact) mass is 269 g/mol. The summed E-state index contributed by atoms with van der Waals surface area (Å²) < 4.78 is 5.67. The van der Waals surface area contributed by atoms with E-state index < -0.39 is 0 Å². The topological polar surface area (TPSA) is 39.2 Å². The highest BCUT2D eigenvalue weighted by molar-refractivity contribution is 5.94. The molecule has 0 aliphatic heterocycles. The molecule has 0 aliphatic carbocycles. The lowest BCUT2D eigenvalue weighted by molar-refractivity contribution is 0.101. The number of hydrogen-bond donors (Lipinski definition) is 0. The Morgan fingerprint density at radius 2 is 1.75 bits per heavy atom. The lowest BCUT2D eigenvalue weighted by Gasteiger charge is -2.19. The van der Waals surface area contributed by atoms with E-state index in [4.69, 9.17) is 4.74 Å². The van der Waals surface area contributed by atoms with E-state index in [1.54, 1.807) is 18.3 Å². The summed E-state index contributed by atoms with van der Waals surface area (Å²) in [7, 11) is 0. The Balaban J connectivity index is 2.18. The summed E-state index contributed by atoms with van der Waals surface area (Å²) >= 11 is 0.